The predicted molar refractivity (Wildman–Crippen MR) is 131 cm³/mol. The van der Waals surface area contributed by atoms with E-state index >= 15 is 0 Å². The first kappa shape index (κ1) is 21.5. The Balaban J connectivity index is 1.54. The van der Waals surface area contributed by atoms with Gasteiger partial charge in [0.1, 0.15) is 0 Å². The second-order valence-electron chi connectivity index (χ2n) is 10.2. The van der Waals surface area contributed by atoms with Crippen LogP contribution in [0, 0.1) is 0 Å². The van der Waals surface area contributed by atoms with Crippen molar-refractivity contribution in [3.8, 4) is 0 Å². The molecule has 6 heteroatoms. The van der Waals surface area contributed by atoms with Gasteiger partial charge in [-0.3, -0.25) is 9.79 Å². The first-order chi connectivity index (χ1) is 15.6. The molecule has 1 aromatic carbocycles. The number of benzene rings is 1. The molecule has 0 atom stereocenters. The lowest BCUT2D eigenvalue weighted by Gasteiger charge is -2.36. The number of likely N-dealkylation sites (tertiary alicyclic amines) is 1. The SMILES string of the molecule is CN1CCC(Nc2cc(C(C=CN)=NC3CCCCC3)cc3c2NC(=O)C32CCC2)CC1. The summed E-state index contributed by atoms with van der Waals surface area (Å²) >= 11 is 0. The van der Waals surface area contributed by atoms with Crippen LogP contribution in [0.15, 0.2) is 29.4 Å². The Morgan fingerprint density at radius 3 is 2.56 bits per heavy atom. The van der Waals surface area contributed by atoms with Crippen LogP contribution < -0.4 is 16.4 Å². The Morgan fingerprint density at radius 1 is 1.16 bits per heavy atom. The van der Waals surface area contributed by atoms with Crippen molar-refractivity contribution >= 4 is 23.0 Å². The number of nitrogens with two attached hydrogens (primary N) is 1. The summed E-state index contributed by atoms with van der Waals surface area (Å²) in [6, 6.07) is 5.19. The van der Waals surface area contributed by atoms with E-state index in [0.717, 1.165) is 86.2 Å². The molecular weight excluding hydrogens is 398 g/mol. The van der Waals surface area contributed by atoms with Crippen molar-refractivity contribution in [2.75, 3.05) is 30.8 Å². The number of amides is 1. The lowest BCUT2D eigenvalue weighted by Crippen LogP contribution is -2.40. The van der Waals surface area contributed by atoms with Gasteiger partial charge in [-0.2, -0.15) is 0 Å². The first-order valence-corrected chi connectivity index (χ1v) is 12.5. The Bertz CT molecular complexity index is 918. The van der Waals surface area contributed by atoms with Gasteiger partial charge in [-0.15, -0.1) is 0 Å². The Kier molecular flexibility index (Phi) is 5.97. The van der Waals surface area contributed by atoms with E-state index in [4.69, 9.17) is 10.7 Å². The molecule has 2 saturated carbocycles. The number of fused-ring (bicyclic) bond motifs is 2. The number of hydrogen-bond donors (Lipinski definition) is 3. The third kappa shape index (κ3) is 3.94. The Hall–Kier alpha value is -2.34. The summed E-state index contributed by atoms with van der Waals surface area (Å²) in [5, 5.41) is 7.04. The van der Waals surface area contributed by atoms with Crippen molar-refractivity contribution in [3.63, 3.8) is 0 Å². The monoisotopic (exact) mass is 435 g/mol. The fraction of sp³-hybridized carbons (Fsp3) is 0.615. The summed E-state index contributed by atoms with van der Waals surface area (Å²) in [6.07, 6.45) is 14.9. The molecule has 172 valence electrons. The number of aliphatic imine (C=N–C) groups is 1. The zero-order valence-corrected chi connectivity index (χ0v) is 19.3. The van der Waals surface area contributed by atoms with Crippen LogP contribution in [0.2, 0.25) is 0 Å². The topological polar surface area (TPSA) is 82.8 Å². The van der Waals surface area contributed by atoms with E-state index in [9.17, 15) is 4.79 Å². The third-order valence-electron chi connectivity index (χ3n) is 8.06. The van der Waals surface area contributed by atoms with Gasteiger partial charge in [0.25, 0.3) is 0 Å². The molecule has 3 fully saturated rings. The summed E-state index contributed by atoms with van der Waals surface area (Å²) in [6.45, 7) is 2.19. The van der Waals surface area contributed by atoms with Crippen molar-refractivity contribution in [3.05, 3.63) is 35.5 Å². The highest BCUT2D eigenvalue weighted by atomic mass is 16.2. The molecule has 0 aromatic heterocycles. The molecule has 4 aliphatic rings. The highest BCUT2D eigenvalue weighted by Gasteiger charge is 2.52. The van der Waals surface area contributed by atoms with Gasteiger partial charge >= 0.3 is 0 Å². The minimum Gasteiger partial charge on any atom is -0.405 e. The van der Waals surface area contributed by atoms with Crippen molar-refractivity contribution in [1.82, 2.24) is 4.90 Å². The maximum Gasteiger partial charge on any atom is 0.235 e. The fourth-order valence-corrected chi connectivity index (χ4v) is 5.88. The second kappa shape index (κ2) is 8.89. The van der Waals surface area contributed by atoms with Crippen molar-refractivity contribution in [1.29, 1.82) is 0 Å². The minimum absolute atomic E-state index is 0.169. The van der Waals surface area contributed by atoms with Gasteiger partial charge in [-0.25, -0.2) is 0 Å². The minimum atomic E-state index is -0.350. The molecule has 1 aromatic rings. The van der Waals surface area contributed by atoms with E-state index in [1.807, 2.05) is 6.08 Å². The van der Waals surface area contributed by atoms with Crippen LogP contribution in [0.4, 0.5) is 11.4 Å². The van der Waals surface area contributed by atoms with E-state index in [0.29, 0.717) is 12.1 Å². The molecule has 2 aliphatic heterocycles. The molecule has 4 N–H and O–H groups in total. The molecule has 1 saturated heterocycles. The number of piperidine rings is 1. The standard InChI is InChI=1S/C26H37N5O/c1-31-14-9-20(10-15-31)29-23-17-18(22(8-13-27)28-19-6-3-2-4-7-19)16-21-24(23)30-25(32)26(21)11-5-12-26/h8,13,16-17,19-20,29H,2-7,9-12,14-15,27H2,1H3,(H,30,32). The summed E-state index contributed by atoms with van der Waals surface area (Å²) in [5.41, 5.74) is 10.7. The lowest BCUT2D eigenvalue weighted by molar-refractivity contribution is -0.123. The molecule has 2 aliphatic carbocycles. The first-order valence-electron chi connectivity index (χ1n) is 12.5. The quantitative estimate of drug-likeness (QED) is 0.607. The van der Waals surface area contributed by atoms with Crippen LogP contribution in [0.1, 0.15) is 75.3 Å². The summed E-state index contributed by atoms with van der Waals surface area (Å²) < 4.78 is 0. The molecule has 6 nitrogen and oxygen atoms in total. The van der Waals surface area contributed by atoms with E-state index in [1.165, 1.54) is 19.3 Å². The smallest absolute Gasteiger partial charge is 0.235 e. The average molecular weight is 436 g/mol. The van der Waals surface area contributed by atoms with Gasteiger partial charge in [0.05, 0.1) is 28.5 Å². The van der Waals surface area contributed by atoms with E-state index in [1.54, 1.807) is 6.20 Å². The van der Waals surface area contributed by atoms with Crippen LogP contribution in [0.25, 0.3) is 0 Å². The van der Waals surface area contributed by atoms with Crippen LogP contribution in [0.5, 0.6) is 0 Å². The lowest BCUT2D eigenvalue weighted by atomic mass is 9.65. The van der Waals surface area contributed by atoms with Crippen molar-refractivity contribution < 1.29 is 4.79 Å². The summed E-state index contributed by atoms with van der Waals surface area (Å²) in [5.74, 6) is 0.169. The zero-order valence-electron chi connectivity index (χ0n) is 19.3. The molecule has 0 radical (unpaired) electrons. The third-order valence-corrected chi connectivity index (χ3v) is 8.06. The Morgan fingerprint density at radius 2 is 1.91 bits per heavy atom. The van der Waals surface area contributed by atoms with E-state index in [2.05, 4.69) is 34.7 Å². The van der Waals surface area contributed by atoms with Crippen LogP contribution in [0.3, 0.4) is 0 Å². The van der Waals surface area contributed by atoms with Gasteiger partial charge < -0.3 is 21.3 Å². The predicted octanol–water partition coefficient (Wildman–Crippen LogP) is 4.16. The van der Waals surface area contributed by atoms with Gasteiger partial charge in [0.15, 0.2) is 0 Å². The number of carbonyl (C=O) groups excluding carboxylic acids is 1. The van der Waals surface area contributed by atoms with E-state index in [-0.39, 0.29) is 11.3 Å². The summed E-state index contributed by atoms with van der Waals surface area (Å²) in [7, 11) is 2.18. The maximum absolute atomic E-state index is 13.0. The van der Waals surface area contributed by atoms with Crippen LogP contribution in [-0.4, -0.2) is 48.7 Å². The number of nitrogens with one attached hydrogen (secondary N) is 2. The van der Waals surface area contributed by atoms with Gasteiger partial charge in [-0.05, 0) is 88.6 Å². The largest absolute Gasteiger partial charge is 0.405 e. The van der Waals surface area contributed by atoms with Gasteiger partial charge in [-0.1, -0.05) is 25.7 Å². The van der Waals surface area contributed by atoms with Gasteiger partial charge in [0, 0.05) is 11.6 Å². The number of hydrogen-bond acceptors (Lipinski definition) is 5. The molecule has 5 rings (SSSR count). The van der Waals surface area contributed by atoms with Crippen molar-refractivity contribution in [2.24, 2.45) is 10.7 Å². The number of carbonyl (C=O) groups is 1. The molecule has 0 unspecified atom stereocenters. The zero-order chi connectivity index (χ0) is 22.1. The van der Waals surface area contributed by atoms with Crippen LogP contribution in [-0.2, 0) is 10.2 Å². The van der Waals surface area contributed by atoms with Crippen LogP contribution >= 0.6 is 0 Å². The number of anilines is 2. The maximum atomic E-state index is 13.0. The molecule has 1 amide bonds. The molecule has 0 bridgehead atoms. The number of rotatable bonds is 5. The van der Waals surface area contributed by atoms with Gasteiger partial charge in [0.2, 0.25) is 5.91 Å². The van der Waals surface area contributed by atoms with Crippen molar-refractivity contribution in [2.45, 2.75) is 81.7 Å². The molecule has 2 heterocycles. The normalized spacial score (nSPS) is 24.5. The summed E-state index contributed by atoms with van der Waals surface area (Å²) in [4.78, 5) is 20.6. The number of allylic oxidation sites excluding steroid dienone is 1. The molecule has 32 heavy (non-hydrogen) atoms. The molecular formula is C26H37N5O. The highest BCUT2D eigenvalue weighted by molar-refractivity contribution is 6.14. The molecule has 1 spiro atoms. The van der Waals surface area contributed by atoms with E-state index < -0.39 is 0 Å². The highest BCUT2D eigenvalue weighted by Crippen LogP contribution is 2.53. The Labute approximate surface area is 191 Å². The number of nitrogens with zero attached hydrogens (tertiary/aromatic N) is 2. The average Bonchev–Trinajstić information content (AvgIpc) is 3.08. The second-order valence-corrected chi connectivity index (χ2v) is 10.2. The fourth-order valence-electron chi connectivity index (χ4n) is 5.88.